The summed E-state index contributed by atoms with van der Waals surface area (Å²) in [6, 6.07) is 4.88. The van der Waals surface area contributed by atoms with Gasteiger partial charge < -0.3 is 0 Å². The van der Waals surface area contributed by atoms with E-state index in [0.29, 0.717) is 10.8 Å². The highest BCUT2D eigenvalue weighted by Gasteiger charge is 2.09. The number of aryl methyl sites for hydroxylation is 1. The predicted molar refractivity (Wildman–Crippen MR) is 53.9 cm³/mol. The molecule has 4 nitrogen and oxygen atoms in total. The Labute approximate surface area is 85.1 Å². The Hall–Kier alpha value is -1.55. The van der Waals surface area contributed by atoms with Gasteiger partial charge in [0.05, 0.1) is 5.69 Å². The lowest BCUT2D eigenvalue weighted by atomic mass is 10.4. The van der Waals surface area contributed by atoms with Crippen molar-refractivity contribution in [2.24, 2.45) is 0 Å². The van der Waals surface area contributed by atoms with Gasteiger partial charge in [-0.3, -0.25) is 14.5 Å². The van der Waals surface area contributed by atoms with Crippen LogP contribution in [0.2, 0.25) is 5.02 Å². The summed E-state index contributed by atoms with van der Waals surface area (Å²) in [7, 11) is 0. The highest BCUT2D eigenvalue weighted by molar-refractivity contribution is 6.32. The minimum Gasteiger partial charge on any atom is -0.279 e. The summed E-state index contributed by atoms with van der Waals surface area (Å²) in [5.41, 5.74) is 0.596. The van der Waals surface area contributed by atoms with Crippen molar-refractivity contribution in [2.75, 3.05) is 0 Å². The molecule has 0 saturated heterocycles. The minimum absolute atomic E-state index is 0.152. The maximum absolute atomic E-state index is 11.4. The molecule has 2 aromatic rings. The first-order chi connectivity index (χ1) is 6.70. The zero-order valence-electron chi connectivity index (χ0n) is 7.49. The number of rotatable bonds is 1. The van der Waals surface area contributed by atoms with Gasteiger partial charge in [0.1, 0.15) is 5.02 Å². The summed E-state index contributed by atoms with van der Waals surface area (Å²) in [6.07, 6.45) is 1.63. The van der Waals surface area contributed by atoms with Crippen molar-refractivity contribution in [1.82, 2.24) is 14.8 Å². The normalized spacial score (nSPS) is 10.4. The van der Waals surface area contributed by atoms with Gasteiger partial charge in [0.2, 0.25) is 0 Å². The summed E-state index contributed by atoms with van der Waals surface area (Å²) < 4.78 is 1.39. The molecule has 5 heteroatoms. The fraction of sp³-hybridized carbons (Fsp3) is 0.111. The summed E-state index contributed by atoms with van der Waals surface area (Å²) in [5, 5.41) is 7.14. The third-order valence-electron chi connectivity index (χ3n) is 1.91. The molecule has 14 heavy (non-hydrogen) atoms. The van der Waals surface area contributed by atoms with Crippen LogP contribution >= 0.6 is 11.6 Å². The first-order valence-electron chi connectivity index (χ1n) is 4.08. The number of nitrogens with zero attached hydrogens (tertiary/aromatic N) is 2. The Morgan fingerprint density at radius 1 is 1.50 bits per heavy atom. The van der Waals surface area contributed by atoms with Gasteiger partial charge in [-0.2, -0.15) is 5.10 Å². The molecule has 1 N–H and O–H groups in total. The average Bonchev–Trinajstić information content (AvgIpc) is 2.49. The summed E-state index contributed by atoms with van der Waals surface area (Å²) in [4.78, 5) is 11.4. The van der Waals surface area contributed by atoms with Crippen molar-refractivity contribution in [3.05, 3.63) is 45.5 Å². The Morgan fingerprint density at radius 2 is 2.29 bits per heavy atom. The standard InChI is InChI=1S/C9H8ClN3O/c1-6-8(10)9(12-11-6)13-5-3-2-4-7(13)14/h2-5H,1H3,(H,11,12). The number of aromatic nitrogens is 3. The van der Waals surface area contributed by atoms with Crippen molar-refractivity contribution >= 4 is 11.6 Å². The van der Waals surface area contributed by atoms with Gasteiger partial charge in [-0.1, -0.05) is 17.7 Å². The van der Waals surface area contributed by atoms with E-state index in [1.807, 2.05) is 0 Å². The van der Waals surface area contributed by atoms with Crippen LogP contribution in [-0.4, -0.2) is 14.8 Å². The van der Waals surface area contributed by atoms with Gasteiger partial charge in [0.25, 0.3) is 5.56 Å². The average molecular weight is 210 g/mol. The minimum atomic E-state index is -0.152. The molecule has 0 spiro atoms. The first-order valence-corrected chi connectivity index (χ1v) is 4.46. The lowest BCUT2D eigenvalue weighted by Crippen LogP contribution is -2.16. The van der Waals surface area contributed by atoms with E-state index in [2.05, 4.69) is 10.2 Å². The second-order valence-electron chi connectivity index (χ2n) is 2.90. The zero-order chi connectivity index (χ0) is 10.1. The first kappa shape index (κ1) is 9.02. The molecule has 0 aliphatic heterocycles. The van der Waals surface area contributed by atoms with Crippen molar-refractivity contribution in [2.45, 2.75) is 6.92 Å². The van der Waals surface area contributed by atoms with Gasteiger partial charge in [-0.25, -0.2) is 0 Å². The Kier molecular flexibility index (Phi) is 2.13. The molecule has 0 aliphatic carbocycles. The third kappa shape index (κ3) is 1.33. The smallest absolute Gasteiger partial charge is 0.256 e. The number of pyridine rings is 1. The number of hydrogen-bond acceptors (Lipinski definition) is 2. The summed E-state index contributed by atoms with van der Waals surface area (Å²) in [5.74, 6) is 0.440. The predicted octanol–water partition coefficient (Wildman–Crippen LogP) is 1.52. The van der Waals surface area contributed by atoms with E-state index in [-0.39, 0.29) is 5.56 Å². The van der Waals surface area contributed by atoms with Crippen LogP contribution in [0.4, 0.5) is 0 Å². The summed E-state index contributed by atoms with van der Waals surface area (Å²) >= 11 is 5.96. The Morgan fingerprint density at radius 3 is 2.86 bits per heavy atom. The fourth-order valence-corrected chi connectivity index (χ4v) is 1.34. The van der Waals surface area contributed by atoms with Crippen LogP contribution in [0.3, 0.4) is 0 Å². The van der Waals surface area contributed by atoms with E-state index in [0.717, 1.165) is 5.69 Å². The van der Waals surface area contributed by atoms with Crippen LogP contribution in [0.5, 0.6) is 0 Å². The van der Waals surface area contributed by atoms with Crippen LogP contribution < -0.4 is 5.56 Å². The van der Waals surface area contributed by atoms with Crippen molar-refractivity contribution in [3.8, 4) is 5.82 Å². The SMILES string of the molecule is Cc1[nH]nc(-n2ccccc2=O)c1Cl. The second kappa shape index (κ2) is 3.31. The number of H-pyrrole nitrogens is 1. The lowest BCUT2D eigenvalue weighted by molar-refractivity contribution is 0.913. The molecular weight excluding hydrogens is 202 g/mol. The van der Waals surface area contributed by atoms with Gasteiger partial charge in [0, 0.05) is 12.3 Å². The zero-order valence-corrected chi connectivity index (χ0v) is 8.25. The summed E-state index contributed by atoms with van der Waals surface area (Å²) in [6.45, 7) is 1.80. The van der Waals surface area contributed by atoms with E-state index < -0.39 is 0 Å². The fourth-order valence-electron chi connectivity index (χ4n) is 1.16. The Bertz CT molecular complexity index is 515. The van der Waals surface area contributed by atoms with E-state index in [4.69, 9.17) is 11.6 Å². The Balaban J connectivity index is 2.67. The van der Waals surface area contributed by atoms with E-state index in [1.54, 1.807) is 25.3 Å². The molecule has 0 amide bonds. The van der Waals surface area contributed by atoms with Crippen LogP contribution in [0.25, 0.3) is 5.82 Å². The molecule has 72 valence electrons. The van der Waals surface area contributed by atoms with Gasteiger partial charge in [0.15, 0.2) is 5.82 Å². The highest BCUT2D eigenvalue weighted by Crippen LogP contribution is 2.19. The molecule has 0 saturated carbocycles. The van der Waals surface area contributed by atoms with Crippen LogP contribution in [0, 0.1) is 6.92 Å². The van der Waals surface area contributed by atoms with Gasteiger partial charge >= 0.3 is 0 Å². The van der Waals surface area contributed by atoms with Crippen LogP contribution in [0.15, 0.2) is 29.2 Å². The highest BCUT2D eigenvalue weighted by atomic mass is 35.5. The quantitative estimate of drug-likeness (QED) is 0.774. The van der Waals surface area contributed by atoms with E-state index in [9.17, 15) is 4.79 Å². The molecule has 0 aliphatic rings. The molecule has 0 bridgehead atoms. The van der Waals surface area contributed by atoms with Gasteiger partial charge in [-0.05, 0) is 13.0 Å². The number of halogens is 1. The molecule has 2 aromatic heterocycles. The third-order valence-corrected chi connectivity index (χ3v) is 2.36. The molecular formula is C9H8ClN3O. The maximum atomic E-state index is 11.4. The van der Waals surface area contributed by atoms with Crippen LogP contribution in [0.1, 0.15) is 5.69 Å². The van der Waals surface area contributed by atoms with Crippen molar-refractivity contribution < 1.29 is 0 Å². The van der Waals surface area contributed by atoms with Crippen molar-refractivity contribution in [1.29, 1.82) is 0 Å². The molecule has 0 radical (unpaired) electrons. The molecule has 0 atom stereocenters. The lowest BCUT2D eigenvalue weighted by Gasteiger charge is -1.99. The molecule has 2 rings (SSSR count). The number of aromatic amines is 1. The molecule has 0 unspecified atom stereocenters. The molecule has 2 heterocycles. The van der Waals surface area contributed by atoms with Crippen LogP contribution in [-0.2, 0) is 0 Å². The van der Waals surface area contributed by atoms with E-state index in [1.165, 1.54) is 10.6 Å². The largest absolute Gasteiger partial charge is 0.279 e. The number of hydrogen-bond donors (Lipinski definition) is 1. The second-order valence-corrected chi connectivity index (χ2v) is 3.27. The van der Waals surface area contributed by atoms with E-state index >= 15 is 0 Å². The van der Waals surface area contributed by atoms with Crippen molar-refractivity contribution in [3.63, 3.8) is 0 Å². The number of nitrogens with one attached hydrogen (secondary N) is 1. The monoisotopic (exact) mass is 209 g/mol. The maximum Gasteiger partial charge on any atom is 0.256 e. The molecule has 0 fully saturated rings. The van der Waals surface area contributed by atoms with Gasteiger partial charge in [-0.15, -0.1) is 0 Å². The topological polar surface area (TPSA) is 50.7 Å². The molecule has 0 aromatic carbocycles.